The fraction of sp³-hybridized carbons (Fsp3) is 0.625. The summed E-state index contributed by atoms with van der Waals surface area (Å²) in [5.41, 5.74) is 5.35. The van der Waals surface area contributed by atoms with Gasteiger partial charge < -0.3 is 10.0 Å². The number of benzene rings is 1. The number of hydrogen-bond donors (Lipinski definition) is 1. The predicted molar refractivity (Wildman–Crippen MR) is 81.0 cm³/mol. The molecule has 1 heterocycles. The summed E-state index contributed by atoms with van der Waals surface area (Å²) < 4.78 is 0. The lowest BCUT2D eigenvalue weighted by molar-refractivity contribution is 0.121. The highest BCUT2D eigenvalue weighted by atomic mass is 16.3. The van der Waals surface area contributed by atoms with E-state index < -0.39 is 0 Å². The van der Waals surface area contributed by atoms with E-state index in [-0.39, 0.29) is 12.6 Å². The summed E-state index contributed by atoms with van der Waals surface area (Å²) in [6.45, 7) is 10.9. The molecule has 2 atom stereocenters. The van der Waals surface area contributed by atoms with E-state index in [1.807, 2.05) is 0 Å². The molecule has 0 aromatic heterocycles. The van der Waals surface area contributed by atoms with Crippen molar-refractivity contribution in [3.8, 4) is 0 Å². The summed E-state index contributed by atoms with van der Waals surface area (Å²) in [6.07, 6.45) is 0. The monoisotopic (exact) mass is 262 g/mol. The third-order valence-corrected chi connectivity index (χ3v) is 4.25. The van der Waals surface area contributed by atoms with Crippen LogP contribution in [-0.4, -0.2) is 48.8 Å². The highest BCUT2D eigenvalue weighted by molar-refractivity contribution is 5.61. The molecule has 106 valence electrons. The minimum atomic E-state index is 0.226. The van der Waals surface area contributed by atoms with Crippen LogP contribution < -0.4 is 4.90 Å². The third-order valence-electron chi connectivity index (χ3n) is 4.25. The molecule has 0 radical (unpaired) electrons. The van der Waals surface area contributed by atoms with Crippen LogP contribution in [0.25, 0.3) is 0 Å². The Bertz CT molecular complexity index is 435. The van der Waals surface area contributed by atoms with Crippen LogP contribution in [0.1, 0.15) is 23.6 Å². The molecule has 2 unspecified atom stereocenters. The SMILES string of the molecule is Cc1cc(C)c(N2CC(CO)N(C)CC2C)c(C)c1. The minimum absolute atomic E-state index is 0.226. The Kier molecular flexibility index (Phi) is 4.16. The highest BCUT2D eigenvalue weighted by Crippen LogP contribution is 2.30. The molecule has 1 saturated heterocycles. The Morgan fingerprint density at radius 1 is 1.16 bits per heavy atom. The van der Waals surface area contributed by atoms with E-state index in [9.17, 15) is 5.11 Å². The number of rotatable bonds is 2. The Morgan fingerprint density at radius 2 is 1.74 bits per heavy atom. The lowest BCUT2D eigenvalue weighted by atomic mass is 10.00. The summed E-state index contributed by atoms with van der Waals surface area (Å²) in [6, 6.07) is 5.21. The van der Waals surface area contributed by atoms with Crippen molar-refractivity contribution in [3.05, 3.63) is 28.8 Å². The summed E-state index contributed by atoms with van der Waals surface area (Å²) in [4.78, 5) is 4.73. The standard InChI is InChI=1S/C16H26N2O/c1-11-6-12(2)16(13(3)7-11)18-9-15(10-19)17(5)8-14(18)4/h6-7,14-15,19H,8-10H2,1-5H3. The molecule has 1 N–H and O–H groups in total. The first kappa shape index (κ1) is 14.4. The first-order valence-corrected chi connectivity index (χ1v) is 7.09. The Hall–Kier alpha value is -1.06. The van der Waals surface area contributed by atoms with Crippen LogP contribution in [0, 0.1) is 20.8 Å². The van der Waals surface area contributed by atoms with Gasteiger partial charge in [0.15, 0.2) is 0 Å². The number of hydrogen-bond acceptors (Lipinski definition) is 3. The smallest absolute Gasteiger partial charge is 0.0604 e. The molecule has 1 aliphatic heterocycles. The molecule has 0 aliphatic carbocycles. The van der Waals surface area contributed by atoms with E-state index in [4.69, 9.17) is 0 Å². The van der Waals surface area contributed by atoms with Gasteiger partial charge in [-0.15, -0.1) is 0 Å². The fourth-order valence-corrected chi connectivity index (χ4v) is 3.35. The Labute approximate surface area is 116 Å². The lowest BCUT2D eigenvalue weighted by Gasteiger charge is -2.45. The van der Waals surface area contributed by atoms with E-state index in [0.717, 1.165) is 13.1 Å². The first-order chi connectivity index (χ1) is 8.93. The molecule has 2 rings (SSSR count). The summed E-state index contributed by atoms with van der Waals surface area (Å²) in [5.74, 6) is 0. The van der Waals surface area contributed by atoms with Crippen molar-refractivity contribution in [1.82, 2.24) is 4.90 Å². The van der Waals surface area contributed by atoms with Crippen LogP contribution >= 0.6 is 0 Å². The molecular weight excluding hydrogens is 236 g/mol. The number of likely N-dealkylation sites (N-methyl/N-ethyl adjacent to an activating group) is 1. The molecule has 1 fully saturated rings. The zero-order valence-corrected chi connectivity index (χ0v) is 12.8. The molecule has 0 amide bonds. The van der Waals surface area contributed by atoms with Crippen LogP contribution in [0.3, 0.4) is 0 Å². The molecular formula is C16H26N2O. The molecule has 0 bridgehead atoms. The molecule has 3 nitrogen and oxygen atoms in total. The average molecular weight is 262 g/mol. The quantitative estimate of drug-likeness (QED) is 0.884. The van der Waals surface area contributed by atoms with Crippen molar-refractivity contribution in [3.63, 3.8) is 0 Å². The van der Waals surface area contributed by atoms with Crippen LogP contribution in [-0.2, 0) is 0 Å². The molecule has 19 heavy (non-hydrogen) atoms. The first-order valence-electron chi connectivity index (χ1n) is 7.09. The molecule has 1 aromatic rings. The summed E-state index contributed by atoms with van der Waals surface area (Å²) >= 11 is 0. The third kappa shape index (κ3) is 2.77. The topological polar surface area (TPSA) is 26.7 Å². The highest BCUT2D eigenvalue weighted by Gasteiger charge is 2.30. The van der Waals surface area contributed by atoms with Gasteiger partial charge in [0.2, 0.25) is 0 Å². The van der Waals surface area contributed by atoms with Gasteiger partial charge in [-0.25, -0.2) is 0 Å². The lowest BCUT2D eigenvalue weighted by Crippen LogP contribution is -2.57. The zero-order valence-electron chi connectivity index (χ0n) is 12.8. The maximum atomic E-state index is 9.53. The Balaban J connectivity index is 2.35. The van der Waals surface area contributed by atoms with Crippen molar-refractivity contribution >= 4 is 5.69 Å². The zero-order chi connectivity index (χ0) is 14.2. The maximum absolute atomic E-state index is 9.53. The molecule has 0 saturated carbocycles. The normalized spacial score (nSPS) is 24.8. The summed E-state index contributed by atoms with van der Waals surface area (Å²) in [7, 11) is 2.10. The van der Waals surface area contributed by atoms with Gasteiger partial charge in [-0.1, -0.05) is 17.7 Å². The van der Waals surface area contributed by atoms with Gasteiger partial charge in [0.1, 0.15) is 0 Å². The molecule has 3 heteroatoms. The second kappa shape index (κ2) is 5.51. The van der Waals surface area contributed by atoms with Crippen molar-refractivity contribution in [2.24, 2.45) is 0 Å². The van der Waals surface area contributed by atoms with Crippen LogP contribution in [0.5, 0.6) is 0 Å². The largest absolute Gasteiger partial charge is 0.395 e. The van der Waals surface area contributed by atoms with Crippen molar-refractivity contribution in [2.45, 2.75) is 39.8 Å². The van der Waals surface area contributed by atoms with Gasteiger partial charge in [0.05, 0.1) is 12.6 Å². The van der Waals surface area contributed by atoms with Gasteiger partial charge in [0.25, 0.3) is 0 Å². The number of aliphatic hydroxyl groups excluding tert-OH is 1. The summed E-state index contributed by atoms with van der Waals surface area (Å²) in [5, 5.41) is 9.53. The Morgan fingerprint density at radius 3 is 2.26 bits per heavy atom. The molecule has 1 aliphatic rings. The maximum Gasteiger partial charge on any atom is 0.0604 e. The minimum Gasteiger partial charge on any atom is -0.395 e. The predicted octanol–water partition coefficient (Wildman–Crippen LogP) is 2.11. The van der Waals surface area contributed by atoms with Gasteiger partial charge >= 0.3 is 0 Å². The van der Waals surface area contributed by atoms with E-state index in [1.165, 1.54) is 22.4 Å². The van der Waals surface area contributed by atoms with E-state index in [0.29, 0.717) is 6.04 Å². The molecule has 1 aromatic carbocycles. The number of aliphatic hydroxyl groups is 1. The van der Waals surface area contributed by atoms with Crippen LogP contribution in [0.2, 0.25) is 0 Å². The van der Waals surface area contributed by atoms with Gasteiger partial charge in [-0.3, -0.25) is 4.90 Å². The van der Waals surface area contributed by atoms with Gasteiger partial charge in [-0.2, -0.15) is 0 Å². The second-order valence-electron chi connectivity index (χ2n) is 6.02. The average Bonchev–Trinajstić information content (AvgIpc) is 2.30. The van der Waals surface area contributed by atoms with Crippen LogP contribution in [0.4, 0.5) is 5.69 Å². The number of piperazine rings is 1. The number of nitrogens with zero attached hydrogens (tertiary/aromatic N) is 2. The molecule has 0 spiro atoms. The van der Waals surface area contributed by atoms with Crippen molar-refractivity contribution in [2.75, 3.05) is 31.6 Å². The van der Waals surface area contributed by atoms with E-state index in [1.54, 1.807) is 0 Å². The van der Waals surface area contributed by atoms with E-state index >= 15 is 0 Å². The second-order valence-corrected chi connectivity index (χ2v) is 6.02. The number of anilines is 1. The van der Waals surface area contributed by atoms with Crippen LogP contribution in [0.15, 0.2) is 12.1 Å². The van der Waals surface area contributed by atoms with Gasteiger partial charge in [0, 0.05) is 24.8 Å². The fourth-order valence-electron chi connectivity index (χ4n) is 3.35. The number of aryl methyl sites for hydroxylation is 3. The van der Waals surface area contributed by atoms with Crippen molar-refractivity contribution in [1.29, 1.82) is 0 Å². The van der Waals surface area contributed by atoms with Gasteiger partial charge in [-0.05, 0) is 45.9 Å². The van der Waals surface area contributed by atoms with Crippen molar-refractivity contribution < 1.29 is 5.11 Å². The van der Waals surface area contributed by atoms with E-state index in [2.05, 4.69) is 56.7 Å².